The number of likely N-dealkylation sites (tertiary alicyclic amines) is 1. The highest BCUT2D eigenvalue weighted by molar-refractivity contribution is 5.92. The van der Waals surface area contributed by atoms with Gasteiger partial charge in [0.05, 0.1) is 5.41 Å². The highest BCUT2D eigenvalue weighted by atomic mass is 16.5. The number of benzene rings is 2. The average Bonchev–Trinajstić information content (AvgIpc) is 3.23. The molecule has 2 saturated carbocycles. The zero-order chi connectivity index (χ0) is 24.5. The smallest absolute Gasteiger partial charge is 0.407 e. The normalized spacial score (nSPS) is 29.4. The van der Waals surface area contributed by atoms with E-state index >= 15 is 0 Å². The first-order chi connectivity index (χ1) is 16.7. The third-order valence-corrected chi connectivity index (χ3v) is 8.63. The fourth-order valence-corrected chi connectivity index (χ4v) is 6.94. The van der Waals surface area contributed by atoms with E-state index in [0.29, 0.717) is 13.0 Å². The van der Waals surface area contributed by atoms with Crippen molar-refractivity contribution in [1.82, 2.24) is 10.2 Å². The summed E-state index contributed by atoms with van der Waals surface area (Å²) in [7, 11) is 0. The summed E-state index contributed by atoms with van der Waals surface area (Å²) in [5.41, 5.74) is 3.76. The number of carbonyl (C=O) groups is 3. The molecule has 2 aromatic rings. The maximum atomic E-state index is 13.3. The molecule has 1 unspecified atom stereocenters. The Hall–Kier alpha value is -3.35. The molecule has 1 aliphatic heterocycles. The molecule has 0 bridgehead atoms. The number of hydrogen-bond acceptors (Lipinski definition) is 4. The molecule has 4 aliphatic rings. The van der Waals surface area contributed by atoms with E-state index in [0.717, 1.165) is 12.8 Å². The highest BCUT2D eigenvalue weighted by Crippen LogP contribution is 2.65. The Morgan fingerprint density at radius 3 is 2.26 bits per heavy atom. The zero-order valence-electron chi connectivity index (χ0n) is 20.0. The van der Waals surface area contributed by atoms with Gasteiger partial charge in [-0.25, -0.2) is 9.59 Å². The van der Waals surface area contributed by atoms with E-state index < -0.39 is 28.9 Å². The minimum absolute atomic E-state index is 0.000717. The van der Waals surface area contributed by atoms with E-state index in [9.17, 15) is 19.5 Å². The third-order valence-electron chi connectivity index (χ3n) is 8.63. The number of carboxylic acid groups (broad SMARTS) is 1. The summed E-state index contributed by atoms with van der Waals surface area (Å²) in [6, 6.07) is 15.5. The van der Waals surface area contributed by atoms with Crippen LogP contribution in [0.2, 0.25) is 0 Å². The lowest BCUT2D eigenvalue weighted by atomic mass is 9.74. The summed E-state index contributed by atoms with van der Waals surface area (Å²) < 4.78 is 5.68. The van der Waals surface area contributed by atoms with Gasteiger partial charge < -0.3 is 20.1 Å². The van der Waals surface area contributed by atoms with Crippen LogP contribution in [0.25, 0.3) is 11.1 Å². The number of rotatable bonds is 5. The molecule has 7 heteroatoms. The van der Waals surface area contributed by atoms with Gasteiger partial charge in [-0.15, -0.1) is 0 Å². The van der Waals surface area contributed by atoms with Gasteiger partial charge in [0.2, 0.25) is 5.91 Å². The van der Waals surface area contributed by atoms with E-state index in [2.05, 4.69) is 29.6 Å². The van der Waals surface area contributed by atoms with Gasteiger partial charge in [-0.2, -0.15) is 0 Å². The summed E-state index contributed by atoms with van der Waals surface area (Å²) in [6.07, 6.45) is 1.58. The molecule has 1 heterocycles. The van der Waals surface area contributed by atoms with Gasteiger partial charge in [0.15, 0.2) is 0 Å². The van der Waals surface area contributed by atoms with Crippen LogP contribution in [0.15, 0.2) is 48.5 Å². The monoisotopic (exact) mass is 474 g/mol. The first kappa shape index (κ1) is 22.1. The Morgan fingerprint density at radius 1 is 1.03 bits per heavy atom. The number of carbonyl (C=O) groups excluding carboxylic acids is 2. The summed E-state index contributed by atoms with van der Waals surface area (Å²) in [5.74, 6) is -0.812. The van der Waals surface area contributed by atoms with Gasteiger partial charge in [0, 0.05) is 23.9 Å². The Balaban J connectivity index is 1.07. The van der Waals surface area contributed by atoms with Gasteiger partial charge in [0.25, 0.3) is 0 Å². The number of nitrogens with one attached hydrogen (secondary N) is 1. The predicted molar refractivity (Wildman–Crippen MR) is 129 cm³/mol. The van der Waals surface area contributed by atoms with Crippen LogP contribution in [-0.4, -0.2) is 53.2 Å². The molecular weight excluding hydrogens is 444 g/mol. The Morgan fingerprint density at radius 2 is 1.66 bits per heavy atom. The number of amides is 2. The number of ether oxygens (including phenoxy) is 1. The summed E-state index contributed by atoms with van der Waals surface area (Å²) in [5, 5.41) is 12.6. The molecule has 35 heavy (non-hydrogen) atoms. The topological polar surface area (TPSA) is 95.9 Å². The summed E-state index contributed by atoms with van der Waals surface area (Å²) in [4.78, 5) is 39.2. The fourth-order valence-electron chi connectivity index (χ4n) is 6.94. The standard InChI is InChI=1S/C28H30N2O5/c1-27(2)15-30(23(27)24(31)32)25(33)28-12-16(28)11-17(13-28)29-26(34)35-14-22-20-9-5-3-7-18(20)19-8-4-6-10-21(19)22/h3-10,16-17,22-23H,11-15H2,1-2H3,(H,29,34)(H,31,32)/t16-,17+,23?,28+/m0/s1. The van der Waals surface area contributed by atoms with Crippen LogP contribution in [0.4, 0.5) is 4.79 Å². The Bertz CT molecular complexity index is 1190. The zero-order valence-corrected chi connectivity index (χ0v) is 20.0. The molecule has 2 amide bonds. The molecule has 2 N–H and O–H groups in total. The number of aliphatic carboxylic acids is 1. The molecule has 0 spiro atoms. The van der Waals surface area contributed by atoms with Gasteiger partial charge in [0.1, 0.15) is 12.6 Å². The van der Waals surface area contributed by atoms with Gasteiger partial charge >= 0.3 is 12.1 Å². The van der Waals surface area contributed by atoms with E-state index in [1.165, 1.54) is 27.2 Å². The first-order valence-electron chi connectivity index (χ1n) is 12.4. The summed E-state index contributed by atoms with van der Waals surface area (Å²) in [6.45, 7) is 4.48. The second-order valence-electron chi connectivity index (χ2n) is 11.3. The van der Waals surface area contributed by atoms with Crippen molar-refractivity contribution in [2.24, 2.45) is 16.7 Å². The van der Waals surface area contributed by atoms with Gasteiger partial charge in [-0.1, -0.05) is 62.4 Å². The number of nitrogens with zero attached hydrogens (tertiary/aromatic N) is 1. The molecule has 4 atom stereocenters. The molecule has 3 aliphatic carbocycles. The molecule has 182 valence electrons. The molecule has 0 aromatic heterocycles. The van der Waals surface area contributed by atoms with Crippen molar-refractivity contribution >= 4 is 18.0 Å². The van der Waals surface area contributed by atoms with Crippen molar-refractivity contribution in [2.45, 2.75) is 51.1 Å². The Kier molecular flexibility index (Phi) is 4.79. The van der Waals surface area contributed by atoms with E-state index in [-0.39, 0.29) is 30.4 Å². The van der Waals surface area contributed by atoms with E-state index in [1.54, 1.807) is 0 Å². The van der Waals surface area contributed by atoms with Crippen molar-refractivity contribution in [3.05, 3.63) is 59.7 Å². The fraction of sp³-hybridized carbons (Fsp3) is 0.464. The Labute approximate surface area is 204 Å². The van der Waals surface area contributed by atoms with Crippen LogP contribution in [0.3, 0.4) is 0 Å². The lowest BCUT2D eigenvalue weighted by Crippen LogP contribution is -2.68. The second kappa shape index (κ2) is 7.57. The molecule has 3 fully saturated rings. The van der Waals surface area contributed by atoms with Gasteiger partial charge in [-0.3, -0.25) is 4.79 Å². The van der Waals surface area contributed by atoms with E-state index in [4.69, 9.17) is 4.74 Å². The average molecular weight is 475 g/mol. The molecule has 6 rings (SSSR count). The first-order valence-corrected chi connectivity index (χ1v) is 12.4. The van der Waals surface area contributed by atoms with Crippen LogP contribution in [0, 0.1) is 16.7 Å². The number of hydrogen-bond donors (Lipinski definition) is 2. The largest absolute Gasteiger partial charge is 0.480 e. The van der Waals surface area contributed by atoms with Crippen molar-refractivity contribution in [3.63, 3.8) is 0 Å². The number of carboxylic acids is 1. The van der Waals surface area contributed by atoms with Crippen LogP contribution in [0.1, 0.15) is 50.2 Å². The molecule has 1 saturated heterocycles. The minimum Gasteiger partial charge on any atom is -0.480 e. The molecular formula is C28H30N2O5. The number of fused-ring (bicyclic) bond motifs is 4. The van der Waals surface area contributed by atoms with Crippen molar-refractivity contribution < 1.29 is 24.2 Å². The quantitative estimate of drug-likeness (QED) is 0.683. The van der Waals surface area contributed by atoms with Crippen LogP contribution in [-0.2, 0) is 14.3 Å². The third kappa shape index (κ3) is 3.35. The molecule has 0 radical (unpaired) electrons. The van der Waals surface area contributed by atoms with Crippen molar-refractivity contribution in [3.8, 4) is 11.1 Å². The van der Waals surface area contributed by atoms with E-state index in [1.807, 2.05) is 38.1 Å². The maximum absolute atomic E-state index is 13.3. The maximum Gasteiger partial charge on any atom is 0.407 e. The lowest BCUT2D eigenvalue weighted by molar-refractivity contribution is -0.175. The minimum atomic E-state index is -0.950. The van der Waals surface area contributed by atoms with Crippen LogP contribution >= 0.6 is 0 Å². The highest BCUT2D eigenvalue weighted by Gasteiger charge is 2.69. The van der Waals surface area contributed by atoms with Crippen LogP contribution in [0.5, 0.6) is 0 Å². The second-order valence-corrected chi connectivity index (χ2v) is 11.3. The molecule has 7 nitrogen and oxygen atoms in total. The SMILES string of the molecule is CC1(C)CN(C(=O)[C@]23C[C@H](NC(=O)OCC4c5ccccc5-c5ccccc54)C[C@H]2C3)C1C(=O)O. The van der Waals surface area contributed by atoms with Crippen LogP contribution < -0.4 is 5.32 Å². The van der Waals surface area contributed by atoms with Gasteiger partial charge in [-0.05, 0) is 47.4 Å². The molecule has 2 aromatic carbocycles. The lowest BCUT2D eigenvalue weighted by Gasteiger charge is -2.52. The predicted octanol–water partition coefficient (Wildman–Crippen LogP) is 4.02. The summed E-state index contributed by atoms with van der Waals surface area (Å²) >= 11 is 0. The van der Waals surface area contributed by atoms with Crippen molar-refractivity contribution in [1.29, 1.82) is 0 Å². The van der Waals surface area contributed by atoms with Crippen molar-refractivity contribution in [2.75, 3.05) is 13.2 Å². The number of alkyl carbamates (subject to hydrolysis) is 1.